The lowest BCUT2D eigenvalue weighted by Gasteiger charge is -2.16. The largest absolute Gasteiger partial charge is 0.465 e. The number of aryl methyl sites for hydroxylation is 1. The molecule has 1 unspecified atom stereocenters. The van der Waals surface area contributed by atoms with Gasteiger partial charge in [-0.15, -0.1) is 0 Å². The van der Waals surface area contributed by atoms with Gasteiger partial charge in [-0.2, -0.15) is 13.2 Å². The molecule has 20 heavy (non-hydrogen) atoms. The summed E-state index contributed by atoms with van der Waals surface area (Å²) in [5, 5.41) is -1.18. The number of ether oxygens (including phenoxy) is 1. The zero-order valence-electron chi connectivity index (χ0n) is 11.2. The standard InChI is InChI=1S/C14H17F3O2S/c1-2-19-13(18)12(20-14(15,16)17)10-6-9-11-7-4-3-5-8-11/h3-5,7-8,12H,2,6,9-10H2,1H3. The molecule has 0 radical (unpaired) electrons. The highest BCUT2D eigenvalue weighted by molar-refractivity contribution is 8.01. The van der Waals surface area contributed by atoms with Crippen molar-refractivity contribution in [2.75, 3.05) is 6.61 Å². The van der Waals surface area contributed by atoms with Crippen molar-refractivity contribution in [1.82, 2.24) is 0 Å². The minimum absolute atomic E-state index is 0.0897. The summed E-state index contributed by atoms with van der Waals surface area (Å²) in [6, 6.07) is 9.46. The fourth-order valence-corrected chi connectivity index (χ4v) is 2.53. The van der Waals surface area contributed by atoms with Crippen LogP contribution >= 0.6 is 11.8 Å². The Kier molecular flexibility index (Phi) is 6.91. The van der Waals surface area contributed by atoms with E-state index in [1.165, 1.54) is 0 Å². The fourth-order valence-electron chi connectivity index (χ4n) is 1.76. The van der Waals surface area contributed by atoms with Gasteiger partial charge in [-0.3, -0.25) is 4.79 Å². The van der Waals surface area contributed by atoms with E-state index >= 15 is 0 Å². The van der Waals surface area contributed by atoms with Crippen molar-refractivity contribution >= 4 is 17.7 Å². The number of hydrogen-bond acceptors (Lipinski definition) is 3. The SMILES string of the molecule is CCOC(=O)C(CCCc1ccccc1)SC(F)(F)F. The first-order chi connectivity index (χ1) is 9.42. The second-order valence-electron chi connectivity index (χ2n) is 4.18. The molecule has 112 valence electrons. The van der Waals surface area contributed by atoms with E-state index in [1.54, 1.807) is 6.92 Å². The maximum atomic E-state index is 12.4. The van der Waals surface area contributed by atoms with E-state index in [4.69, 9.17) is 4.74 Å². The number of carbonyl (C=O) groups excluding carboxylic acids is 1. The van der Waals surface area contributed by atoms with Crippen molar-refractivity contribution in [3.05, 3.63) is 35.9 Å². The third kappa shape index (κ3) is 6.84. The summed E-state index contributed by atoms with van der Waals surface area (Å²) in [5.74, 6) is -0.789. The highest BCUT2D eigenvalue weighted by Crippen LogP contribution is 2.36. The van der Waals surface area contributed by atoms with Crippen LogP contribution in [0.5, 0.6) is 0 Å². The summed E-state index contributed by atoms with van der Waals surface area (Å²) < 4.78 is 41.9. The van der Waals surface area contributed by atoms with E-state index in [1.807, 2.05) is 30.3 Å². The van der Waals surface area contributed by atoms with Crippen LogP contribution in [0.4, 0.5) is 13.2 Å². The van der Waals surface area contributed by atoms with Crippen LogP contribution in [0.1, 0.15) is 25.3 Å². The van der Waals surface area contributed by atoms with Crippen LogP contribution in [0.2, 0.25) is 0 Å². The van der Waals surface area contributed by atoms with Gasteiger partial charge in [0.1, 0.15) is 5.25 Å². The summed E-state index contributed by atoms with van der Waals surface area (Å²) in [5.41, 5.74) is -3.38. The van der Waals surface area contributed by atoms with Crippen LogP contribution in [0, 0.1) is 0 Å². The molecular formula is C14H17F3O2S. The molecule has 6 heteroatoms. The number of esters is 1. The Morgan fingerprint density at radius 3 is 2.50 bits per heavy atom. The van der Waals surface area contributed by atoms with Crippen molar-refractivity contribution in [1.29, 1.82) is 0 Å². The number of thioether (sulfide) groups is 1. The summed E-state index contributed by atoms with van der Waals surface area (Å²) in [6.07, 6.45) is 1.31. The van der Waals surface area contributed by atoms with Gasteiger partial charge in [0.05, 0.1) is 6.61 Å². The van der Waals surface area contributed by atoms with Crippen LogP contribution in [-0.4, -0.2) is 23.3 Å². The van der Waals surface area contributed by atoms with Gasteiger partial charge in [0.25, 0.3) is 0 Å². The van der Waals surface area contributed by atoms with E-state index < -0.39 is 16.7 Å². The molecule has 1 aromatic rings. The van der Waals surface area contributed by atoms with Gasteiger partial charge in [0.2, 0.25) is 0 Å². The van der Waals surface area contributed by atoms with E-state index in [2.05, 4.69) is 0 Å². The van der Waals surface area contributed by atoms with Crippen LogP contribution in [0.3, 0.4) is 0 Å². The predicted molar refractivity (Wildman–Crippen MR) is 73.4 cm³/mol. The molecule has 0 saturated carbocycles. The molecule has 0 N–H and O–H groups in total. The number of rotatable bonds is 7. The molecular weight excluding hydrogens is 289 g/mol. The molecule has 0 spiro atoms. The average Bonchev–Trinajstić information content (AvgIpc) is 2.37. The van der Waals surface area contributed by atoms with Gasteiger partial charge in [-0.1, -0.05) is 30.3 Å². The summed E-state index contributed by atoms with van der Waals surface area (Å²) in [6.45, 7) is 1.67. The summed E-state index contributed by atoms with van der Waals surface area (Å²) in [7, 11) is 0. The number of alkyl halides is 3. The molecule has 0 aliphatic carbocycles. The second-order valence-corrected chi connectivity index (χ2v) is 5.45. The Labute approximate surface area is 120 Å². The van der Waals surface area contributed by atoms with Crippen molar-refractivity contribution in [2.45, 2.75) is 36.9 Å². The van der Waals surface area contributed by atoms with Crippen LogP contribution < -0.4 is 0 Å². The van der Waals surface area contributed by atoms with Crippen LogP contribution in [0.25, 0.3) is 0 Å². The molecule has 0 fully saturated rings. The van der Waals surface area contributed by atoms with Gasteiger partial charge >= 0.3 is 11.5 Å². The molecule has 0 bridgehead atoms. The average molecular weight is 306 g/mol. The Hall–Kier alpha value is -1.17. The van der Waals surface area contributed by atoms with Gasteiger partial charge in [-0.05, 0) is 43.5 Å². The summed E-state index contributed by atoms with van der Waals surface area (Å²) >= 11 is -0.289. The highest BCUT2D eigenvalue weighted by Gasteiger charge is 2.36. The Bertz CT molecular complexity index is 407. The second kappa shape index (κ2) is 8.19. The maximum absolute atomic E-state index is 12.4. The fraction of sp³-hybridized carbons (Fsp3) is 0.500. The number of hydrogen-bond donors (Lipinski definition) is 0. The lowest BCUT2D eigenvalue weighted by atomic mass is 10.1. The van der Waals surface area contributed by atoms with E-state index in [0.717, 1.165) is 5.56 Å². The smallest absolute Gasteiger partial charge is 0.442 e. The molecule has 0 aromatic heterocycles. The van der Waals surface area contributed by atoms with Crippen LogP contribution in [-0.2, 0) is 16.0 Å². The molecule has 1 rings (SSSR count). The summed E-state index contributed by atoms with van der Waals surface area (Å²) in [4.78, 5) is 11.5. The highest BCUT2D eigenvalue weighted by atomic mass is 32.2. The zero-order chi connectivity index (χ0) is 15.0. The van der Waals surface area contributed by atoms with Crippen molar-refractivity contribution in [3.8, 4) is 0 Å². The number of benzene rings is 1. The van der Waals surface area contributed by atoms with Crippen LogP contribution in [0.15, 0.2) is 30.3 Å². The maximum Gasteiger partial charge on any atom is 0.442 e. The first-order valence-electron chi connectivity index (χ1n) is 6.37. The molecule has 0 heterocycles. The van der Waals surface area contributed by atoms with E-state index in [0.29, 0.717) is 12.8 Å². The predicted octanol–water partition coefficient (Wildman–Crippen LogP) is 4.19. The monoisotopic (exact) mass is 306 g/mol. The lowest BCUT2D eigenvalue weighted by Crippen LogP contribution is -2.24. The molecule has 2 nitrogen and oxygen atoms in total. The topological polar surface area (TPSA) is 26.3 Å². The molecule has 0 aliphatic heterocycles. The first kappa shape index (κ1) is 16.9. The van der Waals surface area contributed by atoms with E-state index in [9.17, 15) is 18.0 Å². The van der Waals surface area contributed by atoms with E-state index in [-0.39, 0.29) is 24.8 Å². The number of carbonyl (C=O) groups is 1. The van der Waals surface area contributed by atoms with Crippen molar-refractivity contribution < 1.29 is 22.7 Å². The zero-order valence-corrected chi connectivity index (χ0v) is 12.0. The lowest BCUT2D eigenvalue weighted by molar-refractivity contribution is -0.142. The van der Waals surface area contributed by atoms with Gasteiger partial charge in [0.15, 0.2) is 0 Å². The van der Waals surface area contributed by atoms with Gasteiger partial charge in [0, 0.05) is 0 Å². The van der Waals surface area contributed by atoms with Gasteiger partial charge in [-0.25, -0.2) is 0 Å². The molecule has 0 amide bonds. The molecule has 1 aromatic carbocycles. The van der Waals surface area contributed by atoms with Crippen molar-refractivity contribution in [2.24, 2.45) is 0 Å². The van der Waals surface area contributed by atoms with Crippen molar-refractivity contribution in [3.63, 3.8) is 0 Å². The normalized spacial score (nSPS) is 13.0. The Balaban J connectivity index is 2.49. The molecule has 1 atom stereocenters. The number of halogens is 3. The Morgan fingerprint density at radius 2 is 1.95 bits per heavy atom. The molecule has 0 saturated heterocycles. The van der Waals surface area contributed by atoms with Gasteiger partial charge < -0.3 is 4.74 Å². The molecule has 0 aliphatic rings. The third-order valence-corrected chi connectivity index (χ3v) is 3.58. The minimum Gasteiger partial charge on any atom is -0.465 e. The third-order valence-electron chi connectivity index (χ3n) is 2.60. The Morgan fingerprint density at radius 1 is 1.30 bits per heavy atom. The first-order valence-corrected chi connectivity index (χ1v) is 7.25. The quantitative estimate of drug-likeness (QED) is 0.706. The minimum atomic E-state index is -4.43.